The summed E-state index contributed by atoms with van der Waals surface area (Å²) in [5, 5.41) is 0. The molecule has 1 aliphatic rings. The highest BCUT2D eigenvalue weighted by molar-refractivity contribution is 7.89. The summed E-state index contributed by atoms with van der Waals surface area (Å²) in [5.41, 5.74) is 0.182. The Morgan fingerprint density at radius 3 is 2.50 bits per heavy atom. The van der Waals surface area contributed by atoms with Crippen molar-refractivity contribution >= 4 is 21.6 Å². The first kappa shape index (κ1) is 15.7. The van der Waals surface area contributed by atoms with Crippen LogP contribution in [-0.2, 0) is 20.6 Å². The Kier molecular flexibility index (Phi) is 4.69. The molecule has 1 saturated heterocycles. The molecule has 0 unspecified atom stereocenters. The van der Waals surface area contributed by atoms with Gasteiger partial charge in [0.25, 0.3) is 0 Å². The lowest BCUT2D eigenvalue weighted by atomic mass is 10.2. The van der Waals surface area contributed by atoms with Crippen molar-refractivity contribution in [3.8, 4) is 0 Å². The van der Waals surface area contributed by atoms with Crippen molar-refractivity contribution in [3.05, 3.63) is 29.6 Å². The molecule has 7 heteroatoms. The number of sulfonamides is 1. The number of alkyl halides is 1. The second kappa shape index (κ2) is 5.97. The number of halogens is 2. The van der Waals surface area contributed by atoms with Crippen LogP contribution in [0.3, 0.4) is 0 Å². The van der Waals surface area contributed by atoms with Crippen molar-refractivity contribution < 1.29 is 17.5 Å². The van der Waals surface area contributed by atoms with Crippen LogP contribution in [0.5, 0.6) is 0 Å². The van der Waals surface area contributed by atoms with Gasteiger partial charge in [0.1, 0.15) is 5.82 Å². The first-order chi connectivity index (χ1) is 9.34. The van der Waals surface area contributed by atoms with Gasteiger partial charge in [-0.1, -0.05) is 0 Å². The van der Waals surface area contributed by atoms with Gasteiger partial charge in [-0.05, 0) is 32.0 Å². The molecule has 1 aliphatic heterocycles. The Labute approximate surface area is 123 Å². The normalized spacial score (nSPS) is 24.8. The highest BCUT2D eigenvalue weighted by Crippen LogP contribution is 2.23. The summed E-state index contributed by atoms with van der Waals surface area (Å²) in [6, 6.07) is 3.70. The topological polar surface area (TPSA) is 46.6 Å². The molecule has 0 saturated carbocycles. The van der Waals surface area contributed by atoms with Crippen molar-refractivity contribution in [2.75, 3.05) is 13.1 Å². The molecular formula is C13H17ClFNO3S. The zero-order valence-electron chi connectivity index (χ0n) is 11.3. The van der Waals surface area contributed by atoms with E-state index in [1.165, 1.54) is 16.4 Å². The summed E-state index contributed by atoms with van der Waals surface area (Å²) in [7, 11) is -3.65. The molecule has 20 heavy (non-hydrogen) atoms. The van der Waals surface area contributed by atoms with Gasteiger partial charge in [-0.15, -0.1) is 11.6 Å². The molecule has 1 heterocycles. The fraction of sp³-hybridized carbons (Fsp3) is 0.538. The summed E-state index contributed by atoms with van der Waals surface area (Å²) >= 11 is 5.62. The van der Waals surface area contributed by atoms with E-state index in [4.69, 9.17) is 16.3 Å². The van der Waals surface area contributed by atoms with E-state index >= 15 is 0 Å². The number of nitrogens with zero attached hydrogens (tertiary/aromatic N) is 1. The van der Waals surface area contributed by atoms with Crippen molar-refractivity contribution in [3.63, 3.8) is 0 Å². The Bertz CT molecular complexity index is 583. The van der Waals surface area contributed by atoms with Gasteiger partial charge in [-0.3, -0.25) is 0 Å². The van der Waals surface area contributed by atoms with E-state index in [0.717, 1.165) is 6.07 Å². The van der Waals surface area contributed by atoms with Crippen LogP contribution in [0.15, 0.2) is 23.1 Å². The Hall–Kier alpha value is -0.690. The Balaban J connectivity index is 2.34. The van der Waals surface area contributed by atoms with E-state index in [-0.39, 0.29) is 28.5 Å². The van der Waals surface area contributed by atoms with Gasteiger partial charge in [0.05, 0.1) is 23.0 Å². The van der Waals surface area contributed by atoms with Gasteiger partial charge in [-0.25, -0.2) is 12.8 Å². The summed E-state index contributed by atoms with van der Waals surface area (Å²) in [5.74, 6) is -0.562. The van der Waals surface area contributed by atoms with Crippen LogP contribution in [-0.4, -0.2) is 38.0 Å². The fourth-order valence-electron chi connectivity index (χ4n) is 2.29. The van der Waals surface area contributed by atoms with Crippen LogP contribution in [0, 0.1) is 5.82 Å². The average Bonchev–Trinajstić information content (AvgIpc) is 2.37. The lowest BCUT2D eigenvalue weighted by Gasteiger charge is -2.34. The molecule has 0 spiro atoms. The molecule has 0 bridgehead atoms. The summed E-state index contributed by atoms with van der Waals surface area (Å²) in [6.07, 6.45) is -0.331. The largest absolute Gasteiger partial charge is 0.373 e. The summed E-state index contributed by atoms with van der Waals surface area (Å²) in [4.78, 5) is 0.0656. The Morgan fingerprint density at radius 1 is 1.35 bits per heavy atom. The quantitative estimate of drug-likeness (QED) is 0.803. The van der Waals surface area contributed by atoms with E-state index in [1.54, 1.807) is 0 Å². The van der Waals surface area contributed by atoms with E-state index in [9.17, 15) is 12.8 Å². The molecule has 0 radical (unpaired) electrons. The molecular weight excluding hydrogens is 305 g/mol. The van der Waals surface area contributed by atoms with Crippen molar-refractivity contribution in [2.45, 2.75) is 36.8 Å². The second-order valence-electron chi connectivity index (χ2n) is 4.97. The van der Waals surface area contributed by atoms with Crippen molar-refractivity contribution in [1.82, 2.24) is 4.31 Å². The lowest BCUT2D eigenvalue weighted by molar-refractivity contribution is -0.0440. The van der Waals surface area contributed by atoms with Crippen molar-refractivity contribution in [2.24, 2.45) is 0 Å². The van der Waals surface area contributed by atoms with Crippen LogP contribution in [0.2, 0.25) is 0 Å². The van der Waals surface area contributed by atoms with Gasteiger partial charge in [0.2, 0.25) is 10.0 Å². The number of benzene rings is 1. The van der Waals surface area contributed by atoms with Gasteiger partial charge >= 0.3 is 0 Å². The maximum atomic E-state index is 13.4. The third-order valence-corrected chi connectivity index (χ3v) is 5.30. The van der Waals surface area contributed by atoms with Gasteiger partial charge < -0.3 is 4.74 Å². The number of ether oxygens (including phenoxy) is 1. The number of hydrogen-bond acceptors (Lipinski definition) is 3. The zero-order valence-corrected chi connectivity index (χ0v) is 12.9. The first-order valence-corrected chi connectivity index (χ1v) is 8.32. The van der Waals surface area contributed by atoms with Crippen LogP contribution >= 0.6 is 11.6 Å². The van der Waals surface area contributed by atoms with Crippen LogP contribution in [0.4, 0.5) is 4.39 Å². The second-order valence-corrected chi connectivity index (χ2v) is 7.17. The van der Waals surface area contributed by atoms with E-state index in [2.05, 4.69) is 0 Å². The summed E-state index contributed by atoms with van der Waals surface area (Å²) in [6.45, 7) is 4.24. The summed E-state index contributed by atoms with van der Waals surface area (Å²) < 4.78 is 45.4. The van der Waals surface area contributed by atoms with Crippen molar-refractivity contribution in [1.29, 1.82) is 0 Å². The van der Waals surface area contributed by atoms with E-state index in [1.807, 2.05) is 13.8 Å². The molecule has 1 aromatic rings. The maximum absolute atomic E-state index is 13.4. The first-order valence-electron chi connectivity index (χ1n) is 6.34. The smallest absolute Gasteiger partial charge is 0.243 e. The van der Waals surface area contributed by atoms with Gasteiger partial charge in [0.15, 0.2) is 0 Å². The molecule has 112 valence electrons. The average molecular weight is 322 g/mol. The molecule has 0 amide bonds. The third kappa shape index (κ3) is 3.14. The minimum atomic E-state index is -3.65. The standard InChI is InChI=1S/C13H17ClFNO3S/c1-9-7-16(8-10(2)19-9)20(17,18)12-3-4-13(15)11(5-12)6-14/h3-5,9-10H,6-8H2,1-2H3/t9-,10+. The highest BCUT2D eigenvalue weighted by atomic mass is 35.5. The van der Waals surface area contributed by atoms with E-state index in [0.29, 0.717) is 13.1 Å². The van der Waals surface area contributed by atoms with Gasteiger partial charge in [0, 0.05) is 18.7 Å². The molecule has 4 nitrogen and oxygen atoms in total. The maximum Gasteiger partial charge on any atom is 0.243 e. The molecule has 0 N–H and O–H groups in total. The van der Waals surface area contributed by atoms with Crippen LogP contribution in [0.25, 0.3) is 0 Å². The SMILES string of the molecule is C[C@@H]1CN(S(=O)(=O)c2ccc(F)c(CCl)c2)C[C@H](C)O1. The number of rotatable bonds is 3. The highest BCUT2D eigenvalue weighted by Gasteiger charge is 2.32. The molecule has 0 aliphatic carbocycles. The lowest BCUT2D eigenvalue weighted by Crippen LogP contribution is -2.48. The fourth-order valence-corrected chi connectivity index (χ4v) is 4.14. The minimum absolute atomic E-state index is 0.0644. The monoisotopic (exact) mass is 321 g/mol. The minimum Gasteiger partial charge on any atom is -0.373 e. The Morgan fingerprint density at radius 2 is 1.95 bits per heavy atom. The van der Waals surface area contributed by atoms with Crippen LogP contribution in [0.1, 0.15) is 19.4 Å². The van der Waals surface area contributed by atoms with E-state index < -0.39 is 15.8 Å². The molecule has 1 aromatic carbocycles. The molecule has 1 fully saturated rings. The zero-order chi connectivity index (χ0) is 14.9. The molecule has 2 rings (SSSR count). The predicted octanol–water partition coefficient (Wildman–Crippen LogP) is 2.36. The molecule has 0 aromatic heterocycles. The predicted molar refractivity (Wildman–Crippen MR) is 74.7 cm³/mol. The van der Waals surface area contributed by atoms with Crippen LogP contribution < -0.4 is 0 Å². The number of hydrogen-bond donors (Lipinski definition) is 0. The number of morpholine rings is 1. The molecule has 2 atom stereocenters. The van der Waals surface area contributed by atoms with Gasteiger partial charge in [-0.2, -0.15) is 4.31 Å². The third-order valence-electron chi connectivity index (χ3n) is 3.19.